The van der Waals surface area contributed by atoms with E-state index in [9.17, 15) is 0 Å². The highest BCUT2D eigenvalue weighted by Gasteiger charge is 2.27. The number of benzene rings is 8. The van der Waals surface area contributed by atoms with Crippen molar-refractivity contribution in [1.82, 2.24) is 14.1 Å². The highest BCUT2D eigenvalue weighted by Crippen LogP contribution is 2.48. The monoisotopic (exact) mass is 896 g/mol. The molecule has 10 aromatic rings. The summed E-state index contributed by atoms with van der Waals surface area (Å²) in [5.74, 6) is 0.925. The summed E-state index contributed by atoms with van der Waals surface area (Å²) in [5, 5.41) is 2.48. The van der Waals surface area contributed by atoms with E-state index in [1.165, 1.54) is 44.1 Å². The third-order valence-electron chi connectivity index (χ3n) is 12.8. The highest BCUT2D eigenvalue weighted by molar-refractivity contribution is 9.10. The van der Waals surface area contributed by atoms with Crippen LogP contribution in [0.5, 0.6) is 0 Å². The summed E-state index contributed by atoms with van der Waals surface area (Å²) >= 11 is 4.33. The number of nitrogens with zero attached hydrogens (tertiary/aromatic N) is 4. The fraction of sp³-hybridized carbons (Fsp3) is 0.169. The number of anilines is 3. The number of aromatic nitrogens is 3. The lowest BCUT2D eigenvalue weighted by Gasteiger charge is -2.31. The van der Waals surface area contributed by atoms with Gasteiger partial charge in [0.15, 0.2) is 0 Å². The Hall–Kier alpha value is -6.69. The molecule has 0 unspecified atom stereocenters. The molecule has 0 bridgehead atoms. The summed E-state index contributed by atoms with van der Waals surface area (Å²) < 4.78 is 5.72. The molecule has 4 nitrogen and oxygen atoms in total. The third kappa shape index (κ3) is 7.13. The zero-order valence-corrected chi connectivity index (χ0v) is 39.5. The SMILES string of the molecule is Cc1cccc(C)c1-c1nc2cc(C(C)(C)C)ccc2n1-c1cccc(N(c2cccc(-n3c4ccccc4c4ccccc43)c2)c2ccc(C(C)(C)C)cc2-c2ccccc2)c1Br. The Morgan fingerprint density at radius 3 is 1.77 bits per heavy atom. The van der Waals surface area contributed by atoms with Crippen LogP contribution in [0.25, 0.3) is 66.7 Å². The predicted molar refractivity (Wildman–Crippen MR) is 276 cm³/mol. The van der Waals surface area contributed by atoms with Crippen LogP contribution in [0.15, 0.2) is 180 Å². The number of halogens is 1. The van der Waals surface area contributed by atoms with Crippen LogP contribution in [-0.4, -0.2) is 14.1 Å². The molecule has 0 aliphatic heterocycles. The Balaban J connectivity index is 1.27. The third-order valence-corrected chi connectivity index (χ3v) is 13.6. The second-order valence-electron chi connectivity index (χ2n) is 19.2. The average Bonchev–Trinajstić information content (AvgIpc) is 3.82. The van der Waals surface area contributed by atoms with Crippen LogP contribution < -0.4 is 4.90 Å². The molecule has 0 atom stereocenters. The molecular weight excluding hydrogens is 845 g/mol. The molecule has 8 aromatic carbocycles. The summed E-state index contributed by atoms with van der Waals surface area (Å²) in [7, 11) is 0. The molecule has 0 fully saturated rings. The molecule has 0 saturated carbocycles. The number of imidazole rings is 1. The van der Waals surface area contributed by atoms with Crippen LogP contribution in [0, 0.1) is 13.8 Å². The van der Waals surface area contributed by atoms with E-state index in [1.807, 2.05) is 0 Å². The van der Waals surface area contributed by atoms with Gasteiger partial charge in [0.1, 0.15) is 5.82 Å². The molecule has 5 heteroatoms. The maximum Gasteiger partial charge on any atom is 0.146 e. The van der Waals surface area contributed by atoms with Crippen molar-refractivity contribution in [1.29, 1.82) is 0 Å². The number of hydrogen-bond donors (Lipinski definition) is 0. The summed E-state index contributed by atoms with van der Waals surface area (Å²) in [4.78, 5) is 7.93. The lowest BCUT2D eigenvalue weighted by atomic mass is 9.84. The second-order valence-corrected chi connectivity index (χ2v) is 20.0. The van der Waals surface area contributed by atoms with Crippen molar-refractivity contribution in [3.63, 3.8) is 0 Å². The van der Waals surface area contributed by atoms with Crippen molar-refractivity contribution < 1.29 is 0 Å². The van der Waals surface area contributed by atoms with Gasteiger partial charge < -0.3 is 9.47 Å². The second kappa shape index (κ2) is 15.8. The van der Waals surface area contributed by atoms with Gasteiger partial charge in [0.25, 0.3) is 0 Å². The van der Waals surface area contributed by atoms with E-state index in [0.717, 1.165) is 66.5 Å². The van der Waals surface area contributed by atoms with E-state index >= 15 is 0 Å². The molecular formula is C59H53BrN4. The minimum atomic E-state index is -0.0523. The number of para-hydroxylation sites is 2. The molecule has 0 radical (unpaired) electrons. The smallest absolute Gasteiger partial charge is 0.146 e. The van der Waals surface area contributed by atoms with Gasteiger partial charge in [0.2, 0.25) is 0 Å². The first-order valence-electron chi connectivity index (χ1n) is 22.2. The minimum absolute atomic E-state index is 0.0233. The van der Waals surface area contributed by atoms with E-state index in [-0.39, 0.29) is 10.8 Å². The van der Waals surface area contributed by atoms with E-state index < -0.39 is 0 Å². The Morgan fingerprint density at radius 1 is 0.500 bits per heavy atom. The van der Waals surface area contributed by atoms with Crippen LogP contribution in [0.4, 0.5) is 17.1 Å². The average molecular weight is 898 g/mol. The maximum atomic E-state index is 5.49. The Morgan fingerprint density at radius 2 is 1.09 bits per heavy atom. The lowest BCUT2D eigenvalue weighted by molar-refractivity contribution is 0.590. The fourth-order valence-electron chi connectivity index (χ4n) is 9.41. The van der Waals surface area contributed by atoms with Crippen molar-refractivity contribution in [2.24, 2.45) is 0 Å². The first kappa shape index (κ1) is 41.3. The van der Waals surface area contributed by atoms with Crippen LogP contribution in [0.1, 0.15) is 63.8 Å². The number of fused-ring (bicyclic) bond motifs is 4. The van der Waals surface area contributed by atoms with E-state index in [4.69, 9.17) is 4.98 Å². The van der Waals surface area contributed by atoms with Gasteiger partial charge in [-0.05, 0) is 135 Å². The fourth-order valence-corrected chi connectivity index (χ4v) is 10.0. The molecule has 0 aliphatic rings. The Kier molecular flexibility index (Phi) is 10.2. The van der Waals surface area contributed by atoms with Gasteiger partial charge in [-0.25, -0.2) is 4.98 Å². The molecule has 0 N–H and O–H groups in total. The Labute approximate surface area is 385 Å². The molecule has 316 valence electrons. The van der Waals surface area contributed by atoms with Gasteiger partial charge in [0, 0.05) is 33.3 Å². The molecule has 0 amide bonds. The maximum absolute atomic E-state index is 5.49. The van der Waals surface area contributed by atoms with Crippen LogP contribution >= 0.6 is 15.9 Å². The van der Waals surface area contributed by atoms with E-state index in [1.54, 1.807) is 0 Å². The number of hydrogen-bond acceptors (Lipinski definition) is 2. The summed E-state index contributed by atoms with van der Waals surface area (Å²) in [5.41, 5.74) is 17.9. The van der Waals surface area contributed by atoms with Gasteiger partial charge in [-0.3, -0.25) is 4.57 Å². The predicted octanol–water partition coefficient (Wildman–Crippen LogP) is 16.9. The van der Waals surface area contributed by atoms with E-state index in [2.05, 4.69) is 261 Å². The quantitative estimate of drug-likeness (QED) is 0.159. The molecule has 2 heterocycles. The minimum Gasteiger partial charge on any atom is -0.309 e. The standard InChI is InChI=1S/C59H53BrN4/c1-38-19-16-20-39(2)55(38)57-61-48-36-42(59(6,7)8)32-34-52(48)64(57)54-30-18-29-53(56(54)60)63(51-33-31-41(58(3,4)5)35-47(51)40-21-10-9-11-22-40)44-24-17-23-43(37-44)62-49-27-14-12-25-45(49)46-26-13-15-28-50(46)62/h9-37H,1-8H3. The van der Waals surface area contributed by atoms with Crippen molar-refractivity contribution in [2.45, 2.75) is 66.2 Å². The zero-order chi connectivity index (χ0) is 44.5. The Bertz CT molecular complexity index is 3320. The number of rotatable bonds is 7. The molecule has 10 rings (SSSR count). The lowest BCUT2D eigenvalue weighted by Crippen LogP contribution is -2.16. The highest BCUT2D eigenvalue weighted by atomic mass is 79.9. The van der Waals surface area contributed by atoms with Crippen molar-refractivity contribution in [2.75, 3.05) is 4.90 Å². The van der Waals surface area contributed by atoms with Gasteiger partial charge in [-0.1, -0.05) is 151 Å². The normalized spacial score (nSPS) is 12.1. The van der Waals surface area contributed by atoms with Gasteiger partial charge in [-0.15, -0.1) is 0 Å². The largest absolute Gasteiger partial charge is 0.309 e. The number of aryl methyl sites for hydroxylation is 2. The molecule has 0 spiro atoms. The zero-order valence-electron chi connectivity index (χ0n) is 37.9. The van der Waals surface area contributed by atoms with Crippen LogP contribution in [0.3, 0.4) is 0 Å². The van der Waals surface area contributed by atoms with Crippen molar-refractivity contribution >= 4 is 65.8 Å². The summed E-state index contributed by atoms with van der Waals surface area (Å²) in [6, 6.07) is 64.2. The molecule has 0 aliphatic carbocycles. The van der Waals surface area contributed by atoms with Gasteiger partial charge >= 0.3 is 0 Å². The molecule has 64 heavy (non-hydrogen) atoms. The molecule has 0 saturated heterocycles. The molecule has 2 aromatic heterocycles. The van der Waals surface area contributed by atoms with Gasteiger partial charge in [0.05, 0.1) is 43.6 Å². The van der Waals surface area contributed by atoms with Crippen molar-refractivity contribution in [3.8, 4) is 33.9 Å². The van der Waals surface area contributed by atoms with Crippen molar-refractivity contribution in [3.05, 3.63) is 203 Å². The topological polar surface area (TPSA) is 26.0 Å². The van der Waals surface area contributed by atoms with Gasteiger partial charge in [-0.2, -0.15) is 0 Å². The summed E-state index contributed by atoms with van der Waals surface area (Å²) in [6.07, 6.45) is 0. The first-order valence-corrected chi connectivity index (χ1v) is 23.0. The van der Waals surface area contributed by atoms with Crippen LogP contribution in [0.2, 0.25) is 0 Å². The first-order chi connectivity index (χ1) is 30.8. The van der Waals surface area contributed by atoms with Crippen LogP contribution in [-0.2, 0) is 10.8 Å². The summed E-state index contributed by atoms with van der Waals surface area (Å²) in [6.45, 7) is 18.0. The van der Waals surface area contributed by atoms with E-state index in [0.29, 0.717) is 0 Å².